The monoisotopic (exact) mass is 304 g/mol. The molecule has 0 radical (unpaired) electrons. The number of nitrogens with zero attached hydrogens (tertiary/aromatic N) is 2. The molecule has 1 amide bonds. The molecule has 2 aromatic rings. The summed E-state index contributed by atoms with van der Waals surface area (Å²) in [6, 6.07) is 7.34. The number of benzene rings is 1. The number of ether oxygens (including phenoxy) is 1. The van der Waals surface area contributed by atoms with E-state index < -0.39 is 0 Å². The highest BCUT2D eigenvalue weighted by molar-refractivity contribution is 7.80. The number of thiocarbonyl (C=S) groups is 1. The summed E-state index contributed by atoms with van der Waals surface area (Å²) in [5, 5.41) is 6.82. The Morgan fingerprint density at radius 1 is 1.52 bits per heavy atom. The number of hydrogen-bond acceptors (Lipinski definition) is 4. The maximum atomic E-state index is 12.1. The number of hydrogen-bond donors (Lipinski definition) is 2. The third-order valence-corrected chi connectivity index (χ3v) is 3.18. The summed E-state index contributed by atoms with van der Waals surface area (Å²) in [5.74, 6) is 1.03. The largest absolute Gasteiger partial charge is 0.497 e. The predicted octanol–water partition coefficient (Wildman–Crippen LogP) is 1.24. The lowest BCUT2D eigenvalue weighted by Gasteiger charge is -2.08. The van der Waals surface area contributed by atoms with Crippen molar-refractivity contribution in [3.05, 3.63) is 41.6 Å². The molecule has 0 aliphatic carbocycles. The van der Waals surface area contributed by atoms with Crippen LogP contribution in [-0.4, -0.2) is 27.8 Å². The van der Waals surface area contributed by atoms with E-state index in [1.807, 2.05) is 24.3 Å². The molecule has 0 spiro atoms. The topological polar surface area (TPSA) is 82.2 Å². The van der Waals surface area contributed by atoms with Crippen LogP contribution in [0.25, 0.3) is 0 Å². The molecule has 1 aromatic heterocycles. The Morgan fingerprint density at radius 2 is 2.29 bits per heavy atom. The minimum absolute atomic E-state index is 0.177. The van der Waals surface area contributed by atoms with Crippen LogP contribution < -0.4 is 15.8 Å². The molecule has 0 aliphatic rings. The van der Waals surface area contributed by atoms with Gasteiger partial charge in [-0.3, -0.25) is 9.48 Å². The molecule has 21 heavy (non-hydrogen) atoms. The van der Waals surface area contributed by atoms with Crippen LogP contribution >= 0.6 is 12.2 Å². The van der Waals surface area contributed by atoms with Gasteiger partial charge in [0.2, 0.25) is 5.91 Å². The fourth-order valence-electron chi connectivity index (χ4n) is 1.91. The average Bonchev–Trinajstić information content (AvgIpc) is 2.80. The average molecular weight is 304 g/mol. The zero-order valence-corrected chi connectivity index (χ0v) is 12.6. The normalized spacial score (nSPS) is 10.2. The third kappa shape index (κ3) is 3.57. The number of rotatable bonds is 5. The number of carbonyl (C=O) groups excluding carboxylic acids is 1. The maximum absolute atomic E-state index is 12.1. The second-order valence-electron chi connectivity index (χ2n) is 4.47. The van der Waals surface area contributed by atoms with Crippen molar-refractivity contribution in [3.63, 3.8) is 0 Å². The summed E-state index contributed by atoms with van der Waals surface area (Å²) in [6.45, 7) is 0. The number of aromatic nitrogens is 2. The van der Waals surface area contributed by atoms with Crippen LogP contribution in [0.1, 0.15) is 11.1 Å². The van der Waals surface area contributed by atoms with Crippen LogP contribution in [0.15, 0.2) is 30.5 Å². The Labute approximate surface area is 127 Å². The molecular weight excluding hydrogens is 288 g/mol. The van der Waals surface area contributed by atoms with E-state index in [0.29, 0.717) is 17.1 Å². The number of carbonyl (C=O) groups is 1. The zero-order valence-electron chi connectivity index (χ0n) is 11.8. The van der Waals surface area contributed by atoms with Gasteiger partial charge in [0.25, 0.3) is 0 Å². The van der Waals surface area contributed by atoms with E-state index in [1.165, 1.54) is 10.9 Å². The quantitative estimate of drug-likeness (QED) is 0.812. The molecule has 0 saturated heterocycles. The Morgan fingerprint density at radius 3 is 2.95 bits per heavy atom. The van der Waals surface area contributed by atoms with Crippen molar-refractivity contribution < 1.29 is 9.53 Å². The molecule has 7 heteroatoms. The van der Waals surface area contributed by atoms with Gasteiger partial charge in [0.05, 0.1) is 25.3 Å². The van der Waals surface area contributed by atoms with Gasteiger partial charge in [0.1, 0.15) is 16.6 Å². The molecule has 110 valence electrons. The van der Waals surface area contributed by atoms with Gasteiger partial charge in [-0.15, -0.1) is 0 Å². The SMILES string of the molecule is COc1cccc(CC(=O)Nc2c(C(N)=S)cnn2C)c1. The highest BCUT2D eigenvalue weighted by atomic mass is 32.1. The van der Waals surface area contributed by atoms with Crippen LogP contribution in [0.3, 0.4) is 0 Å². The number of amides is 1. The van der Waals surface area contributed by atoms with Crippen LogP contribution in [0.5, 0.6) is 5.75 Å². The molecule has 6 nitrogen and oxygen atoms in total. The molecule has 1 heterocycles. The van der Waals surface area contributed by atoms with E-state index >= 15 is 0 Å². The summed E-state index contributed by atoms with van der Waals surface area (Å²) in [5.41, 5.74) is 7.00. The molecular formula is C14H16N4O2S. The summed E-state index contributed by atoms with van der Waals surface area (Å²) < 4.78 is 6.66. The molecule has 0 fully saturated rings. The molecule has 0 unspecified atom stereocenters. The van der Waals surface area contributed by atoms with E-state index in [0.717, 1.165) is 5.56 Å². The van der Waals surface area contributed by atoms with Gasteiger partial charge >= 0.3 is 0 Å². The summed E-state index contributed by atoms with van der Waals surface area (Å²) in [6.07, 6.45) is 1.75. The Balaban J connectivity index is 2.11. The number of nitrogens with one attached hydrogen (secondary N) is 1. The number of nitrogens with two attached hydrogens (primary N) is 1. The number of methoxy groups -OCH3 is 1. The van der Waals surface area contributed by atoms with Crippen LogP contribution in [0, 0.1) is 0 Å². The Kier molecular flexibility index (Phi) is 4.54. The van der Waals surface area contributed by atoms with Crippen LogP contribution in [0.4, 0.5) is 5.82 Å². The lowest BCUT2D eigenvalue weighted by Crippen LogP contribution is -2.20. The Bertz CT molecular complexity index is 681. The lowest BCUT2D eigenvalue weighted by molar-refractivity contribution is -0.115. The van der Waals surface area contributed by atoms with Gasteiger partial charge < -0.3 is 15.8 Å². The van der Waals surface area contributed by atoms with Gasteiger partial charge in [0, 0.05) is 7.05 Å². The van der Waals surface area contributed by atoms with Gasteiger partial charge in [-0.25, -0.2) is 0 Å². The smallest absolute Gasteiger partial charge is 0.229 e. The molecule has 0 atom stereocenters. The summed E-state index contributed by atoms with van der Waals surface area (Å²) in [7, 11) is 3.30. The van der Waals surface area contributed by atoms with Gasteiger partial charge in [-0.2, -0.15) is 5.10 Å². The lowest BCUT2D eigenvalue weighted by atomic mass is 10.1. The predicted molar refractivity (Wildman–Crippen MR) is 84.4 cm³/mol. The van der Waals surface area contributed by atoms with Gasteiger partial charge in [0.15, 0.2) is 0 Å². The van der Waals surface area contributed by atoms with E-state index in [2.05, 4.69) is 10.4 Å². The second kappa shape index (κ2) is 6.36. The second-order valence-corrected chi connectivity index (χ2v) is 4.91. The highest BCUT2D eigenvalue weighted by Crippen LogP contribution is 2.16. The van der Waals surface area contributed by atoms with Crippen molar-refractivity contribution in [2.75, 3.05) is 12.4 Å². The number of anilines is 1. The van der Waals surface area contributed by atoms with Gasteiger partial charge in [-0.1, -0.05) is 24.4 Å². The van der Waals surface area contributed by atoms with E-state index in [4.69, 9.17) is 22.7 Å². The fraction of sp³-hybridized carbons (Fsp3) is 0.214. The maximum Gasteiger partial charge on any atom is 0.229 e. The first-order valence-electron chi connectivity index (χ1n) is 6.26. The molecule has 3 N–H and O–H groups in total. The molecule has 1 aromatic carbocycles. The molecule has 0 saturated carbocycles. The Hall–Kier alpha value is -2.41. The van der Waals surface area contributed by atoms with Crippen LogP contribution in [-0.2, 0) is 18.3 Å². The van der Waals surface area contributed by atoms with Crippen molar-refractivity contribution in [1.29, 1.82) is 0 Å². The molecule has 0 bridgehead atoms. The fourth-order valence-corrected chi connectivity index (χ4v) is 2.06. The van der Waals surface area contributed by atoms with Crippen molar-refractivity contribution in [3.8, 4) is 5.75 Å². The summed E-state index contributed by atoms with van der Waals surface area (Å²) in [4.78, 5) is 12.3. The van der Waals surface area contributed by atoms with Crippen molar-refractivity contribution >= 4 is 28.9 Å². The summed E-state index contributed by atoms with van der Waals surface area (Å²) >= 11 is 4.93. The van der Waals surface area contributed by atoms with Crippen LogP contribution in [0.2, 0.25) is 0 Å². The van der Waals surface area contributed by atoms with E-state index in [1.54, 1.807) is 14.2 Å². The van der Waals surface area contributed by atoms with Crippen molar-refractivity contribution in [2.45, 2.75) is 6.42 Å². The van der Waals surface area contributed by atoms with Crippen molar-refractivity contribution in [1.82, 2.24) is 9.78 Å². The minimum Gasteiger partial charge on any atom is -0.497 e. The molecule has 0 aliphatic heterocycles. The third-order valence-electron chi connectivity index (χ3n) is 2.96. The first kappa shape index (κ1) is 15.0. The number of aryl methyl sites for hydroxylation is 1. The zero-order chi connectivity index (χ0) is 15.4. The highest BCUT2D eigenvalue weighted by Gasteiger charge is 2.14. The van der Waals surface area contributed by atoms with E-state index in [9.17, 15) is 4.79 Å². The standard InChI is InChI=1S/C14H16N4O2S/c1-18-14(11(8-16-18)13(15)21)17-12(19)7-9-4-3-5-10(6-9)20-2/h3-6,8H,7H2,1-2H3,(H2,15,21)(H,17,19). The first-order chi connectivity index (χ1) is 10.0. The molecule has 2 rings (SSSR count). The van der Waals surface area contributed by atoms with Gasteiger partial charge in [-0.05, 0) is 17.7 Å². The van der Waals surface area contributed by atoms with Crippen molar-refractivity contribution in [2.24, 2.45) is 12.8 Å². The van der Waals surface area contributed by atoms with E-state index in [-0.39, 0.29) is 17.3 Å². The first-order valence-corrected chi connectivity index (χ1v) is 6.66. The minimum atomic E-state index is -0.177.